The van der Waals surface area contributed by atoms with Crippen molar-refractivity contribution in [2.75, 3.05) is 19.7 Å². The number of nitrogens with two attached hydrogens (primary N) is 1. The molecule has 5 nitrogen and oxygen atoms in total. The van der Waals surface area contributed by atoms with Gasteiger partial charge in [-0.1, -0.05) is 19.3 Å². The van der Waals surface area contributed by atoms with Crippen LogP contribution in [0.2, 0.25) is 0 Å². The zero-order chi connectivity index (χ0) is 15.8. The van der Waals surface area contributed by atoms with Crippen LogP contribution < -0.4 is 5.73 Å². The third kappa shape index (κ3) is 2.57. The van der Waals surface area contributed by atoms with Crippen molar-refractivity contribution >= 4 is 5.91 Å². The Labute approximate surface area is 133 Å². The van der Waals surface area contributed by atoms with Crippen molar-refractivity contribution in [2.45, 2.75) is 76.0 Å². The van der Waals surface area contributed by atoms with Gasteiger partial charge in [0.25, 0.3) is 0 Å². The third-order valence-electron chi connectivity index (χ3n) is 6.26. The molecule has 3 fully saturated rings. The molecular formula is C17H30N2O3. The number of amides is 1. The van der Waals surface area contributed by atoms with E-state index in [1.807, 2.05) is 11.8 Å². The van der Waals surface area contributed by atoms with Gasteiger partial charge in [-0.25, -0.2) is 0 Å². The van der Waals surface area contributed by atoms with Crippen molar-refractivity contribution in [1.82, 2.24) is 4.90 Å². The first-order chi connectivity index (χ1) is 10.5. The number of aliphatic hydroxyl groups is 1. The minimum absolute atomic E-state index is 0.124. The van der Waals surface area contributed by atoms with Crippen LogP contribution in [-0.4, -0.2) is 53.4 Å². The molecule has 0 aromatic rings. The van der Waals surface area contributed by atoms with E-state index < -0.39 is 5.54 Å². The second kappa shape index (κ2) is 6.10. The number of nitrogens with zero attached hydrogens (tertiary/aromatic N) is 1. The lowest BCUT2D eigenvalue weighted by molar-refractivity contribution is -0.210. The van der Waals surface area contributed by atoms with E-state index in [1.54, 1.807) is 0 Å². The molecular weight excluding hydrogens is 280 g/mol. The van der Waals surface area contributed by atoms with E-state index >= 15 is 0 Å². The predicted molar refractivity (Wildman–Crippen MR) is 84.3 cm³/mol. The minimum Gasteiger partial charge on any atom is -0.392 e. The van der Waals surface area contributed by atoms with E-state index in [-0.39, 0.29) is 23.5 Å². The zero-order valence-electron chi connectivity index (χ0n) is 13.7. The van der Waals surface area contributed by atoms with E-state index in [1.165, 1.54) is 6.42 Å². The number of piperidine rings is 1. The van der Waals surface area contributed by atoms with E-state index in [0.717, 1.165) is 44.9 Å². The van der Waals surface area contributed by atoms with Gasteiger partial charge in [0.15, 0.2) is 0 Å². The van der Waals surface area contributed by atoms with Crippen LogP contribution in [0.4, 0.5) is 0 Å². The van der Waals surface area contributed by atoms with Crippen LogP contribution >= 0.6 is 0 Å². The molecule has 1 heterocycles. The molecule has 1 amide bonds. The first-order valence-electron chi connectivity index (χ1n) is 8.90. The van der Waals surface area contributed by atoms with E-state index in [9.17, 15) is 9.90 Å². The van der Waals surface area contributed by atoms with E-state index in [0.29, 0.717) is 19.7 Å². The summed E-state index contributed by atoms with van der Waals surface area (Å²) in [6.45, 7) is 4.10. The Balaban J connectivity index is 1.60. The normalized spacial score (nSPS) is 33.5. The summed E-state index contributed by atoms with van der Waals surface area (Å²) in [6.07, 6.45) is 7.24. The second-order valence-electron chi connectivity index (χ2n) is 7.44. The molecule has 5 heteroatoms. The van der Waals surface area contributed by atoms with Crippen LogP contribution in [0, 0.1) is 5.41 Å². The lowest BCUT2D eigenvalue weighted by atomic mass is 9.58. The fraction of sp³-hybridized carbons (Fsp3) is 0.941. The smallest absolute Gasteiger partial charge is 0.242 e. The summed E-state index contributed by atoms with van der Waals surface area (Å²) in [6, 6.07) is 0. The predicted octanol–water partition coefficient (Wildman–Crippen LogP) is 1.43. The number of carbonyl (C=O) groups excluding carboxylic acids is 1. The Bertz CT molecular complexity index is 410. The molecule has 22 heavy (non-hydrogen) atoms. The van der Waals surface area contributed by atoms with Crippen LogP contribution in [0.3, 0.4) is 0 Å². The van der Waals surface area contributed by atoms with Crippen molar-refractivity contribution < 1.29 is 14.6 Å². The molecule has 3 aliphatic rings. The van der Waals surface area contributed by atoms with Gasteiger partial charge in [0.1, 0.15) is 0 Å². The van der Waals surface area contributed by atoms with Crippen LogP contribution in [0.1, 0.15) is 58.3 Å². The topological polar surface area (TPSA) is 75.8 Å². The quantitative estimate of drug-likeness (QED) is 0.827. The van der Waals surface area contributed by atoms with Gasteiger partial charge in [0.2, 0.25) is 5.91 Å². The highest BCUT2D eigenvalue weighted by Crippen LogP contribution is 2.51. The fourth-order valence-electron chi connectivity index (χ4n) is 4.65. The molecule has 2 aliphatic carbocycles. The van der Waals surface area contributed by atoms with Gasteiger partial charge < -0.3 is 20.5 Å². The molecule has 2 atom stereocenters. The van der Waals surface area contributed by atoms with Crippen molar-refractivity contribution in [2.24, 2.45) is 11.1 Å². The Morgan fingerprint density at radius 2 is 1.86 bits per heavy atom. The van der Waals surface area contributed by atoms with Crippen LogP contribution in [0.5, 0.6) is 0 Å². The molecule has 1 saturated heterocycles. The molecule has 1 spiro atoms. The number of ether oxygens (including phenoxy) is 1. The Hall–Kier alpha value is -0.650. The van der Waals surface area contributed by atoms with Crippen LogP contribution in [0.25, 0.3) is 0 Å². The summed E-state index contributed by atoms with van der Waals surface area (Å²) in [5.41, 5.74) is 5.62. The van der Waals surface area contributed by atoms with Crippen molar-refractivity contribution in [1.29, 1.82) is 0 Å². The van der Waals surface area contributed by atoms with Gasteiger partial charge in [0, 0.05) is 31.5 Å². The van der Waals surface area contributed by atoms with Gasteiger partial charge in [-0.2, -0.15) is 0 Å². The molecule has 1 aliphatic heterocycles. The molecule has 0 bridgehead atoms. The molecule has 0 unspecified atom stereocenters. The average Bonchev–Trinajstić information content (AvgIpc) is 2.55. The molecule has 0 radical (unpaired) electrons. The molecule has 0 aromatic carbocycles. The third-order valence-corrected chi connectivity index (χ3v) is 6.26. The first kappa shape index (κ1) is 16.2. The zero-order valence-corrected chi connectivity index (χ0v) is 13.7. The highest BCUT2D eigenvalue weighted by molar-refractivity contribution is 5.86. The Morgan fingerprint density at radius 1 is 1.23 bits per heavy atom. The van der Waals surface area contributed by atoms with Gasteiger partial charge in [-0.05, 0) is 32.6 Å². The first-order valence-corrected chi connectivity index (χ1v) is 8.90. The van der Waals surface area contributed by atoms with E-state index in [2.05, 4.69) is 0 Å². The maximum absolute atomic E-state index is 12.8. The van der Waals surface area contributed by atoms with Crippen molar-refractivity contribution in [3.63, 3.8) is 0 Å². The van der Waals surface area contributed by atoms with Gasteiger partial charge in [-0.3, -0.25) is 4.79 Å². The van der Waals surface area contributed by atoms with Crippen molar-refractivity contribution in [3.8, 4) is 0 Å². The Kier molecular flexibility index (Phi) is 4.49. The van der Waals surface area contributed by atoms with Gasteiger partial charge >= 0.3 is 0 Å². The molecule has 2 saturated carbocycles. The second-order valence-corrected chi connectivity index (χ2v) is 7.44. The lowest BCUT2D eigenvalue weighted by Crippen LogP contribution is -2.65. The number of carbonyl (C=O) groups is 1. The fourth-order valence-corrected chi connectivity index (χ4v) is 4.65. The monoisotopic (exact) mass is 310 g/mol. The summed E-state index contributed by atoms with van der Waals surface area (Å²) in [5.74, 6) is 0.129. The summed E-state index contributed by atoms with van der Waals surface area (Å²) in [7, 11) is 0. The lowest BCUT2D eigenvalue weighted by Gasteiger charge is -2.57. The molecule has 3 N–H and O–H groups in total. The number of likely N-dealkylation sites (tertiary alicyclic amines) is 1. The molecule has 3 rings (SSSR count). The minimum atomic E-state index is -0.639. The highest BCUT2D eigenvalue weighted by atomic mass is 16.5. The molecule has 0 aromatic heterocycles. The maximum atomic E-state index is 12.8. The van der Waals surface area contributed by atoms with Crippen LogP contribution in [-0.2, 0) is 9.53 Å². The number of hydrogen-bond donors (Lipinski definition) is 2. The number of rotatable bonds is 3. The van der Waals surface area contributed by atoms with Crippen LogP contribution in [0.15, 0.2) is 0 Å². The summed E-state index contributed by atoms with van der Waals surface area (Å²) >= 11 is 0. The van der Waals surface area contributed by atoms with Gasteiger partial charge in [0.05, 0.1) is 17.7 Å². The highest BCUT2D eigenvalue weighted by Gasteiger charge is 2.56. The SMILES string of the molecule is CCO[C@@H]1C[C@H](O)C12CCN(C(=O)C1(N)CCCCC1)CC2. The Morgan fingerprint density at radius 3 is 2.41 bits per heavy atom. The summed E-state index contributed by atoms with van der Waals surface area (Å²) in [4.78, 5) is 14.7. The molecule has 126 valence electrons. The summed E-state index contributed by atoms with van der Waals surface area (Å²) in [5, 5.41) is 10.2. The standard InChI is InChI=1S/C17H30N2O3/c1-2-22-14-12-13(20)16(14)8-10-19(11-9-16)15(21)17(18)6-4-3-5-7-17/h13-14,20H,2-12,18H2,1H3/t13-,14+/m0/s1. The number of hydrogen-bond acceptors (Lipinski definition) is 4. The maximum Gasteiger partial charge on any atom is 0.242 e. The summed E-state index contributed by atoms with van der Waals surface area (Å²) < 4.78 is 5.79. The largest absolute Gasteiger partial charge is 0.392 e. The van der Waals surface area contributed by atoms with Gasteiger partial charge in [-0.15, -0.1) is 0 Å². The van der Waals surface area contributed by atoms with Crippen molar-refractivity contribution in [3.05, 3.63) is 0 Å². The average molecular weight is 310 g/mol. The van der Waals surface area contributed by atoms with E-state index in [4.69, 9.17) is 10.5 Å². The number of aliphatic hydroxyl groups excluding tert-OH is 1.